The van der Waals surface area contributed by atoms with Crippen LogP contribution in [0.3, 0.4) is 0 Å². The maximum atomic E-state index is 12.1. The first-order chi connectivity index (χ1) is 8.97. The molecule has 1 aromatic heterocycles. The molecule has 1 amide bonds. The maximum absolute atomic E-state index is 12.1. The highest BCUT2D eigenvalue weighted by Gasteiger charge is 2.13. The van der Waals surface area contributed by atoms with Crippen LogP contribution in [-0.4, -0.2) is 10.9 Å². The lowest BCUT2D eigenvalue weighted by Gasteiger charge is -2.09. The van der Waals surface area contributed by atoms with Gasteiger partial charge in [0.05, 0.1) is 28.2 Å². The highest BCUT2D eigenvalue weighted by molar-refractivity contribution is 6.36. The summed E-state index contributed by atoms with van der Waals surface area (Å²) in [6.07, 6.45) is 1.32. The Hall–Kier alpha value is -1.49. The third-order valence-corrected chi connectivity index (χ3v) is 3.09. The predicted molar refractivity (Wildman–Crippen MR) is 78.1 cm³/mol. The highest BCUT2D eigenvalue weighted by Crippen LogP contribution is 2.26. The molecule has 19 heavy (non-hydrogen) atoms. The lowest BCUT2D eigenvalue weighted by atomic mass is 10.2. The van der Waals surface area contributed by atoms with Crippen LogP contribution < -0.4 is 11.1 Å². The Morgan fingerprint density at radius 1 is 1.21 bits per heavy atom. The van der Waals surface area contributed by atoms with E-state index in [0.717, 1.165) is 0 Å². The fraction of sp³-hybridized carbons (Fsp3) is 0. The Bertz CT molecular complexity index is 646. The zero-order valence-corrected chi connectivity index (χ0v) is 11.7. The van der Waals surface area contributed by atoms with Gasteiger partial charge in [0.1, 0.15) is 5.15 Å². The molecule has 3 N–H and O–H groups in total. The molecule has 0 saturated carbocycles. The Balaban J connectivity index is 2.30. The maximum Gasteiger partial charge on any atom is 0.257 e. The van der Waals surface area contributed by atoms with Crippen molar-refractivity contribution in [2.75, 3.05) is 11.1 Å². The average molecular weight is 317 g/mol. The molecule has 7 heteroatoms. The summed E-state index contributed by atoms with van der Waals surface area (Å²) in [6.45, 7) is 0. The van der Waals surface area contributed by atoms with Gasteiger partial charge in [0, 0.05) is 5.02 Å². The van der Waals surface area contributed by atoms with E-state index in [1.54, 1.807) is 18.2 Å². The van der Waals surface area contributed by atoms with E-state index in [2.05, 4.69) is 10.3 Å². The Labute approximate surface area is 124 Å². The van der Waals surface area contributed by atoms with Gasteiger partial charge < -0.3 is 11.1 Å². The second-order valence-corrected chi connectivity index (χ2v) is 4.90. The van der Waals surface area contributed by atoms with E-state index in [-0.39, 0.29) is 16.4 Å². The molecule has 98 valence electrons. The molecule has 0 fully saturated rings. The summed E-state index contributed by atoms with van der Waals surface area (Å²) in [6, 6.07) is 6.13. The normalized spacial score (nSPS) is 10.3. The fourth-order valence-corrected chi connectivity index (χ4v) is 1.91. The van der Waals surface area contributed by atoms with Crippen LogP contribution in [-0.2, 0) is 0 Å². The number of carbonyl (C=O) groups excluding carboxylic acids is 1. The molecule has 0 saturated heterocycles. The first kappa shape index (κ1) is 13.9. The summed E-state index contributed by atoms with van der Waals surface area (Å²) >= 11 is 17.5. The number of nitrogen functional groups attached to an aromatic ring is 1. The molecule has 2 rings (SSSR count). The van der Waals surface area contributed by atoms with Gasteiger partial charge in [-0.05, 0) is 24.3 Å². The van der Waals surface area contributed by atoms with Crippen molar-refractivity contribution >= 4 is 52.1 Å². The number of benzene rings is 1. The van der Waals surface area contributed by atoms with Crippen molar-refractivity contribution in [3.8, 4) is 0 Å². The van der Waals surface area contributed by atoms with Crippen molar-refractivity contribution in [1.82, 2.24) is 4.98 Å². The quantitative estimate of drug-likeness (QED) is 0.826. The molecule has 1 heterocycles. The third-order valence-electron chi connectivity index (χ3n) is 2.32. The molecule has 1 aromatic carbocycles. The first-order valence-corrected chi connectivity index (χ1v) is 6.28. The molecule has 0 bridgehead atoms. The van der Waals surface area contributed by atoms with Gasteiger partial charge in [-0.3, -0.25) is 4.79 Å². The van der Waals surface area contributed by atoms with Gasteiger partial charge in [-0.25, -0.2) is 4.98 Å². The summed E-state index contributed by atoms with van der Waals surface area (Å²) < 4.78 is 0. The van der Waals surface area contributed by atoms with Crippen molar-refractivity contribution < 1.29 is 4.79 Å². The minimum Gasteiger partial charge on any atom is -0.397 e. The number of pyridine rings is 1. The van der Waals surface area contributed by atoms with E-state index in [1.807, 2.05) is 0 Å². The van der Waals surface area contributed by atoms with Crippen molar-refractivity contribution in [2.24, 2.45) is 0 Å². The van der Waals surface area contributed by atoms with E-state index in [1.165, 1.54) is 12.3 Å². The summed E-state index contributed by atoms with van der Waals surface area (Å²) in [7, 11) is 0. The molecule has 0 unspecified atom stereocenters. The Kier molecular flexibility index (Phi) is 4.14. The Morgan fingerprint density at radius 3 is 2.68 bits per heavy atom. The SMILES string of the molecule is Nc1cnc(Cl)cc1C(=O)Nc1cc(Cl)ccc1Cl. The molecule has 0 radical (unpaired) electrons. The molecule has 0 aliphatic rings. The van der Waals surface area contributed by atoms with Crippen molar-refractivity contribution in [2.45, 2.75) is 0 Å². The van der Waals surface area contributed by atoms with Crippen LogP contribution in [0.4, 0.5) is 11.4 Å². The number of anilines is 2. The molecule has 2 aromatic rings. The number of amides is 1. The predicted octanol–water partition coefficient (Wildman–Crippen LogP) is 3.88. The van der Waals surface area contributed by atoms with Crippen LogP contribution in [0.15, 0.2) is 30.5 Å². The Morgan fingerprint density at radius 2 is 1.95 bits per heavy atom. The second-order valence-electron chi connectivity index (χ2n) is 3.67. The van der Waals surface area contributed by atoms with Gasteiger partial charge in [0.25, 0.3) is 5.91 Å². The standard InChI is InChI=1S/C12H8Cl3N3O/c13-6-1-2-8(14)10(3-6)18-12(19)7-4-11(15)17-5-9(7)16/h1-5H,16H2,(H,18,19). The van der Waals surface area contributed by atoms with E-state index < -0.39 is 5.91 Å². The van der Waals surface area contributed by atoms with Gasteiger partial charge in [0.15, 0.2) is 0 Å². The van der Waals surface area contributed by atoms with Crippen LogP contribution in [0, 0.1) is 0 Å². The molecule has 0 atom stereocenters. The smallest absolute Gasteiger partial charge is 0.257 e. The van der Waals surface area contributed by atoms with Gasteiger partial charge in [-0.2, -0.15) is 0 Å². The van der Waals surface area contributed by atoms with Crippen molar-refractivity contribution in [3.63, 3.8) is 0 Å². The average Bonchev–Trinajstić information content (AvgIpc) is 2.36. The van der Waals surface area contributed by atoms with E-state index in [9.17, 15) is 4.79 Å². The lowest BCUT2D eigenvalue weighted by Crippen LogP contribution is -2.14. The molecular formula is C12H8Cl3N3O. The second kappa shape index (κ2) is 5.65. The monoisotopic (exact) mass is 315 g/mol. The number of hydrogen-bond donors (Lipinski definition) is 2. The van der Waals surface area contributed by atoms with Gasteiger partial charge >= 0.3 is 0 Å². The summed E-state index contributed by atoms with van der Waals surface area (Å²) in [5.41, 5.74) is 6.51. The summed E-state index contributed by atoms with van der Waals surface area (Å²) in [4.78, 5) is 15.8. The van der Waals surface area contributed by atoms with E-state index in [0.29, 0.717) is 15.7 Å². The fourth-order valence-electron chi connectivity index (χ4n) is 1.42. The van der Waals surface area contributed by atoms with Crippen LogP contribution in [0.2, 0.25) is 15.2 Å². The minimum absolute atomic E-state index is 0.177. The van der Waals surface area contributed by atoms with Crippen LogP contribution in [0.25, 0.3) is 0 Å². The number of rotatable bonds is 2. The zero-order chi connectivity index (χ0) is 14.0. The molecule has 0 aliphatic heterocycles. The number of aromatic nitrogens is 1. The van der Waals surface area contributed by atoms with Crippen molar-refractivity contribution in [1.29, 1.82) is 0 Å². The lowest BCUT2D eigenvalue weighted by molar-refractivity contribution is 0.102. The molecular weight excluding hydrogens is 309 g/mol. The first-order valence-electron chi connectivity index (χ1n) is 5.15. The zero-order valence-electron chi connectivity index (χ0n) is 9.45. The van der Waals surface area contributed by atoms with E-state index >= 15 is 0 Å². The number of carbonyl (C=O) groups is 1. The molecule has 4 nitrogen and oxygen atoms in total. The molecule has 0 aliphatic carbocycles. The topological polar surface area (TPSA) is 68.0 Å². The number of nitrogens with zero attached hydrogens (tertiary/aromatic N) is 1. The molecule has 0 spiro atoms. The third kappa shape index (κ3) is 3.29. The number of nitrogens with one attached hydrogen (secondary N) is 1. The highest BCUT2D eigenvalue weighted by atomic mass is 35.5. The van der Waals surface area contributed by atoms with E-state index in [4.69, 9.17) is 40.5 Å². The van der Waals surface area contributed by atoms with Gasteiger partial charge in [-0.15, -0.1) is 0 Å². The largest absolute Gasteiger partial charge is 0.397 e. The number of hydrogen-bond acceptors (Lipinski definition) is 3. The number of halogens is 3. The van der Waals surface area contributed by atoms with Crippen LogP contribution in [0.5, 0.6) is 0 Å². The van der Waals surface area contributed by atoms with Crippen molar-refractivity contribution in [3.05, 3.63) is 51.2 Å². The summed E-state index contributed by atoms with van der Waals surface area (Å²) in [5.74, 6) is -0.439. The summed E-state index contributed by atoms with van der Waals surface area (Å²) in [5, 5.41) is 3.62. The number of nitrogens with two attached hydrogens (primary N) is 1. The van der Waals surface area contributed by atoms with Crippen LogP contribution >= 0.6 is 34.8 Å². The van der Waals surface area contributed by atoms with Gasteiger partial charge in [0.2, 0.25) is 0 Å². The van der Waals surface area contributed by atoms with Gasteiger partial charge in [-0.1, -0.05) is 34.8 Å². The van der Waals surface area contributed by atoms with Crippen LogP contribution in [0.1, 0.15) is 10.4 Å². The minimum atomic E-state index is -0.439.